The summed E-state index contributed by atoms with van der Waals surface area (Å²) in [6.45, 7) is 4.65. The maximum atomic E-state index is 12.2. The molecule has 7 heteroatoms. The Morgan fingerprint density at radius 1 is 1.23 bits per heavy atom. The van der Waals surface area contributed by atoms with Gasteiger partial charge in [0.1, 0.15) is 5.69 Å². The van der Waals surface area contributed by atoms with Crippen molar-refractivity contribution in [1.82, 2.24) is 15.5 Å². The summed E-state index contributed by atoms with van der Waals surface area (Å²) in [6, 6.07) is 7.97. The minimum atomic E-state index is -0.368. The minimum absolute atomic E-state index is 0.152. The fraction of sp³-hybridized carbons (Fsp3) is 0.421. The quantitative estimate of drug-likeness (QED) is 0.672. The van der Waals surface area contributed by atoms with Gasteiger partial charge in [0.15, 0.2) is 11.5 Å². The maximum absolute atomic E-state index is 12.2. The lowest BCUT2D eigenvalue weighted by molar-refractivity contribution is 0.0933. The van der Waals surface area contributed by atoms with Gasteiger partial charge in [-0.2, -0.15) is 5.10 Å². The number of aromatic nitrogens is 2. The Balaban J connectivity index is 2.03. The zero-order valence-electron chi connectivity index (χ0n) is 15.4. The number of amides is 1. The molecule has 0 radical (unpaired) electrons. The molecule has 1 aromatic heterocycles. The van der Waals surface area contributed by atoms with Crippen molar-refractivity contribution in [3.63, 3.8) is 0 Å². The SMILES string of the molecule is CCCCCOc1ccc([C@H](C)NC(=O)c2ccc(=O)[nH]n2)cc1OC. The topological polar surface area (TPSA) is 93.3 Å². The molecule has 0 aliphatic carbocycles. The molecule has 0 saturated heterocycles. The molecule has 0 bridgehead atoms. The highest BCUT2D eigenvalue weighted by atomic mass is 16.5. The fourth-order valence-electron chi connectivity index (χ4n) is 2.43. The molecule has 0 unspecified atom stereocenters. The van der Waals surface area contributed by atoms with Crippen molar-refractivity contribution in [1.29, 1.82) is 0 Å². The van der Waals surface area contributed by atoms with E-state index in [1.807, 2.05) is 25.1 Å². The Labute approximate surface area is 152 Å². The second-order valence-electron chi connectivity index (χ2n) is 5.97. The molecule has 0 fully saturated rings. The van der Waals surface area contributed by atoms with E-state index < -0.39 is 0 Å². The van der Waals surface area contributed by atoms with Crippen molar-refractivity contribution in [2.45, 2.75) is 39.2 Å². The number of ether oxygens (including phenoxy) is 2. The minimum Gasteiger partial charge on any atom is -0.493 e. The van der Waals surface area contributed by atoms with E-state index in [-0.39, 0.29) is 23.2 Å². The summed E-state index contributed by atoms with van der Waals surface area (Å²) in [6.07, 6.45) is 3.27. The maximum Gasteiger partial charge on any atom is 0.272 e. The third-order valence-corrected chi connectivity index (χ3v) is 3.95. The van der Waals surface area contributed by atoms with Gasteiger partial charge in [0.2, 0.25) is 0 Å². The van der Waals surface area contributed by atoms with E-state index >= 15 is 0 Å². The highest BCUT2D eigenvalue weighted by molar-refractivity contribution is 5.92. The number of hydrogen-bond acceptors (Lipinski definition) is 5. The number of rotatable bonds is 9. The first-order valence-electron chi connectivity index (χ1n) is 8.72. The summed E-state index contributed by atoms with van der Waals surface area (Å²) in [7, 11) is 1.59. The second-order valence-corrected chi connectivity index (χ2v) is 5.97. The van der Waals surface area contributed by atoms with Crippen molar-refractivity contribution in [3.05, 3.63) is 51.9 Å². The van der Waals surface area contributed by atoms with Crippen molar-refractivity contribution in [2.75, 3.05) is 13.7 Å². The van der Waals surface area contributed by atoms with E-state index in [2.05, 4.69) is 22.4 Å². The Morgan fingerprint density at radius 2 is 2.04 bits per heavy atom. The standard InChI is InChI=1S/C19H25N3O4/c1-4-5-6-11-26-16-9-7-14(12-17(16)25-3)13(2)20-19(24)15-8-10-18(23)22-21-15/h7-10,12-13H,4-6,11H2,1-3H3,(H,20,24)(H,22,23)/t13-/m0/s1. The average Bonchev–Trinajstić information content (AvgIpc) is 2.65. The number of nitrogens with zero attached hydrogens (tertiary/aromatic N) is 1. The molecule has 1 heterocycles. The monoisotopic (exact) mass is 359 g/mol. The molecule has 2 aromatic rings. The van der Waals surface area contributed by atoms with Crippen LogP contribution >= 0.6 is 0 Å². The van der Waals surface area contributed by atoms with Crippen molar-refractivity contribution >= 4 is 5.91 Å². The number of methoxy groups -OCH3 is 1. The van der Waals surface area contributed by atoms with E-state index in [1.54, 1.807) is 7.11 Å². The van der Waals surface area contributed by atoms with Crippen LogP contribution in [-0.4, -0.2) is 29.8 Å². The molecule has 0 spiro atoms. The van der Waals surface area contributed by atoms with Crippen LogP contribution in [0.3, 0.4) is 0 Å². The van der Waals surface area contributed by atoms with E-state index in [4.69, 9.17) is 9.47 Å². The molecular formula is C19H25N3O4. The Bertz CT molecular complexity index is 768. The first-order chi connectivity index (χ1) is 12.5. The lowest BCUT2D eigenvalue weighted by Crippen LogP contribution is -2.28. The van der Waals surface area contributed by atoms with Gasteiger partial charge in [-0.05, 0) is 37.1 Å². The molecule has 0 aliphatic rings. The predicted octanol–water partition coefficient (Wildman–Crippen LogP) is 2.84. The van der Waals surface area contributed by atoms with Crippen LogP contribution in [0.5, 0.6) is 11.5 Å². The number of nitrogens with one attached hydrogen (secondary N) is 2. The van der Waals surface area contributed by atoms with Gasteiger partial charge < -0.3 is 14.8 Å². The fourth-order valence-corrected chi connectivity index (χ4v) is 2.43. The average molecular weight is 359 g/mol. The molecule has 0 saturated carbocycles. The lowest BCUT2D eigenvalue weighted by atomic mass is 10.1. The summed E-state index contributed by atoms with van der Waals surface area (Å²) in [5.41, 5.74) is 0.675. The Morgan fingerprint density at radius 3 is 2.69 bits per heavy atom. The zero-order valence-corrected chi connectivity index (χ0v) is 15.4. The third-order valence-electron chi connectivity index (χ3n) is 3.95. The number of carbonyl (C=O) groups is 1. The summed E-state index contributed by atoms with van der Waals surface area (Å²) in [5.74, 6) is 0.947. The van der Waals surface area contributed by atoms with Gasteiger partial charge >= 0.3 is 0 Å². The predicted molar refractivity (Wildman–Crippen MR) is 98.8 cm³/mol. The van der Waals surface area contributed by atoms with Gasteiger partial charge in [-0.1, -0.05) is 25.8 Å². The smallest absolute Gasteiger partial charge is 0.272 e. The van der Waals surface area contributed by atoms with Crippen LogP contribution in [0.25, 0.3) is 0 Å². The molecule has 1 aromatic carbocycles. The van der Waals surface area contributed by atoms with Gasteiger partial charge in [0, 0.05) is 6.07 Å². The number of benzene rings is 1. The molecule has 26 heavy (non-hydrogen) atoms. The van der Waals surface area contributed by atoms with Crippen LogP contribution in [0.1, 0.15) is 55.2 Å². The summed E-state index contributed by atoms with van der Waals surface area (Å²) < 4.78 is 11.2. The van der Waals surface area contributed by atoms with E-state index in [9.17, 15) is 9.59 Å². The molecule has 1 atom stereocenters. The highest BCUT2D eigenvalue weighted by Gasteiger charge is 2.15. The lowest BCUT2D eigenvalue weighted by Gasteiger charge is -2.17. The van der Waals surface area contributed by atoms with Crippen LogP contribution in [0.4, 0.5) is 0 Å². The Kier molecular flexibility index (Phi) is 7.20. The van der Waals surface area contributed by atoms with Crippen LogP contribution < -0.4 is 20.3 Å². The van der Waals surface area contributed by atoms with Crippen molar-refractivity contribution in [3.8, 4) is 11.5 Å². The van der Waals surface area contributed by atoms with Gasteiger partial charge in [-0.3, -0.25) is 9.59 Å². The summed E-state index contributed by atoms with van der Waals surface area (Å²) in [4.78, 5) is 23.2. The van der Waals surface area contributed by atoms with Crippen molar-refractivity contribution in [2.24, 2.45) is 0 Å². The van der Waals surface area contributed by atoms with Gasteiger partial charge in [-0.25, -0.2) is 5.10 Å². The van der Waals surface area contributed by atoms with Crippen LogP contribution in [-0.2, 0) is 0 Å². The molecule has 1 amide bonds. The Hall–Kier alpha value is -2.83. The van der Waals surface area contributed by atoms with Crippen molar-refractivity contribution < 1.29 is 14.3 Å². The van der Waals surface area contributed by atoms with Crippen LogP contribution in [0, 0.1) is 0 Å². The summed E-state index contributed by atoms with van der Waals surface area (Å²) >= 11 is 0. The van der Waals surface area contributed by atoms with Crippen LogP contribution in [0.15, 0.2) is 35.1 Å². The highest BCUT2D eigenvalue weighted by Crippen LogP contribution is 2.30. The number of carbonyl (C=O) groups excluding carboxylic acids is 1. The first kappa shape index (κ1) is 19.5. The molecule has 2 rings (SSSR count). The molecular weight excluding hydrogens is 334 g/mol. The molecule has 7 nitrogen and oxygen atoms in total. The normalized spacial score (nSPS) is 11.7. The van der Waals surface area contributed by atoms with E-state index in [0.717, 1.165) is 24.8 Å². The van der Waals surface area contributed by atoms with Gasteiger partial charge in [0.05, 0.1) is 19.8 Å². The second kappa shape index (κ2) is 9.60. The molecule has 140 valence electrons. The number of hydrogen-bond donors (Lipinski definition) is 2. The van der Waals surface area contributed by atoms with E-state index in [1.165, 1.54) is 12.1 Å². The van der Waals surface area contributed by atoms with Gasteiger partial charge in [-0.15, -0.1) is 0 Å². The number of aromatic amines is 1. The van der Waals surface area contributed by atoms with Gasteiger partial charge in [0.25, 0.3) is 11.5 Å². The largest absolute Gasteiger partial charge is 0.493 e. The third kappa shape index (κ3) is 5.34. The number of unbranched alkanes of at least 4 members (excludes halogenated alkanes) is 2. The zero-order chi connectivity index (χ0) is 18.9. The number of H-pyrrole nitrogens is 1. The summed E-state index contributed by atoms with van der Waals surface area (Å²) in [5, 5.41) is 8.82. The van der Waals surface area contributed by atoms with Crippen LogP contribution in [0.2, 0.25) is 0 Å². The van der Waals surface area contributed by atoms with E-state index in [0.29, 0.717) is 18.1 Å². The first-order valence-corrected chi connectivity index (χ1v) is 8.72. The molecule has 2 N–H and O–H groups in total. The molecule has 0 aliphatic heterocycles.